The fourth-order valence-corrected chi connectivity index (χ4v) is 1.22. The molecule has 0 saturated carbocycles. The van der Waals surface area contributed by atoms with Gasteiger partial charge in [0.15, 0.2) is 0 Å². The summed E-state index contributed by atoms with van der Waals surface area (Å²) < 4.78 is 7.88. The van der Waals surface area contributed by atoms with E-state index in [4.69, 9.17) is 9.84 Å². The molecule has 0 radical (unpaired) electrons. The summed E-state index contributed by atoms with van der Waals surface area (Å²) in [5, 5.41) is 8.62. The summed E-state index contributed by atoms with van der Waals surface area (Å²) in [6.07, 6.45) is 0.657. The Balaban J connectivity index is 3.52. The van der Waals surface area contributed by atoms with Crippen molar-refractivity contribution in [3.05, 3.63) is 0 Å². The van der Waals surface area contributed by atoms with Crippen molar-refractivity contribution in [1.29, 1.82) is 0 Å². The third kappa shape index (κ3) is 5.73. The largest absolute Gasteiger partial charge is 0.480 e. The molecule has 0 unspecified atom stereocenters. The molecule has 12 heavy (non-hydrogen) atoms. The summed E-state index contributed by atoms with van der Waals surface area (Å²) in [5.41, 5.74) is 0. The first-order valence-electron chi connectivity index (χ1n) is 3.78. The summed E-state index contributed by atoms with van der Waals surface area (Å²) >= 11 is 1.84. The second-order valence-corrected chi connectivity index (χ2v) is 3.33. The fraction of sp³-hybridized carbons (Fsp3) is 0.857. The van der Waals surface area contributed by atoms with Gasteiger partial charge in [-0.1, -0.05) is 0 Å². The van der Waals surface area contributed by atoms with Gasteiger partial charge in [0, 0.05) is 29.5 Å². The fourth-order valence-electron chi connectivity index (χ4n) is 0.646. The number of carboxylic acids is 1. The third-order valence-electron chi connectivity index (χ3n) is 1.29. The molecule has 0 rings (SSSR count). The topological polar surface area (TPSA) is 58.6 Å². The molecule has 0 aromatic heterocycles. The molecule has 0 aliphatic heterocycles. The highest BCUT2D eigenvalue weighted by Crippen LogP contribution is 1.98. The smallest absolute Gasteiger partial charge is 0.321 e. The van der Waals surface area contributed by atoms with Crippen LogP contribution >= 0.6 is 22.9 Å². The van der Waals surface area contributed by atoms with Gasteiger partial charge in [-0.3, -0.25) is 4.79 Å². The van der Waals surface area contributed by atoms with E-state index in [1.807, 2.05) is 36.7 Å². The molecule has 0 aliphatic carbocycles. The maximum atomic E-state index is 10.5. The van der Waals surface area contributed by atoms with Crippen LogP contribution in [-0.4, -0.2) is 29.8 Å². The molecular formula is C7H14INO3. The molecule has 0 aromatic rings. The van der Waals surface area contributed by atoms with Crippen LogP contribution in [0.15, 0.2) is 0 Å². The zero-order valence-corrected chi connectivity index (χ0v) is 9.37. The summed E-state index contributed by atoms with van der Waals surface area (Å²) in [5.74, 6) is -0.836. The maximum Gasteiger partial charge on any atom is 0.321 e. The van der Waals surface area contributed by atoms with Crippen molar-refractivity contribution in [2.75, 3.05) is 6.61 Å². The van der Waals surface area contributed by atoms with Crippen LogP contribution in [0.4, 0.5) is 0 Å². The van der Waals surface area contributed by atoms with E-state index >= 15 is 0 Å². The van der Waals surface area contributed by atoms with Gasteiger partial charge in [-0.05, 0) is 20.3 Å². The molecule has 72 valence electrons. The standard InChI is InChI=1S/C7H14INO3/c1-5(2)12-4-3-6(9-8)7(10)11/h5-6,9H,3-4H2,1-2H3,(H,10,11)/t6-/m1/s1. The van der Waals surface area contributed by atoms with Gasteiger partial charge in [0.05, 0.1) is 6.10 Å². The summed E-state index contributed by atoms with van der Waals surface area (Å²) in [7, 11) is 0. The molecule has 0 heterocycles. The molecule has 0 spiro atoms. The monoisotopic (exact) mass is 287 g/mol. The van der Waals surface area contributed by atoms with Crippen molar-refractivity contribution in [2.24, 2.45) is 0 Å². The number of carboxylic acid groups (broad SMARTS) is 1. The normalized spacial score (nSPS) is 13.3. The van der Waals surface area contributed by atoms with E-state index in [2.05, 4.69) is 3.53 Å². The highest BCUT2D eigenvalue weighted by molar-refractivity contribution is 14.1. The number of rotatable bonds is 6. The van der Waals surface area contributed by atoms with Crippen molar-refractivity contribution < 1.29 is 14.6 Å². The first-order chi connectivity index (χ1) is 5.57. The van der Waals surface area contributed by atoms with E-state index in [0.717, 1.165) is 0 Å². The lowest BCUT2D eigenvalue weighted by Gasteiger charge is -2.11. The minimum absolute atomic E-state index is 0.161. The number of aliphatic carboxylic acids is 1. The van der Waals surface area contributed by atoms with Crippen LogP contribution in [0.2, 0.25) is 0 Å². The van der Waals surface area contributed by atoms with E-state index in [1.165, 1.54) is 0 Å². The van der Waals surface area contributed by atoms with Crippen LogP contribution in [0, 0.1) is 0 Å². The first kappa shape index (κ1) is 12.1. The lowest BCUT2D eigenvalue weighted by molar-refractivity contribution is -0.139. The van der Waals surface area contributed by atoms with Crippen LogP contribution < -0.4 is 3.53 Å². The molecule has 0 aromatic carbocycles. The SMILES string of the molecule is CC(C)OCC[C@@H](NI)C(=O)O. The van der Waals surface area contributed by atoms with Crippen molar-refractivity contribution in [3.63, 3.8) is 0 Å². The first-order valence-corrected chi connectivity index (χ1v) is 4.86. The predicted octanol–water partition coefficient (Wildman–Crippen LogP) is 1.19. The van der Waals surface area contributed by atoms with Gasteiger partial charge in [0.1, 0.15) is 6.04 Å². The van der Waals surface area contributed by atoms with Gasteiger partial charge in [0.2, 0.25) is 0 Å². The lowest BCUT2D eigenvalue weighted by Crippen LogP contribution is -2.31. The number of nitrogens with one attached hydrogen (secondary N) is 1. The average molecular weight is 287 g/mol. The van der Waals surface area contributed by atoms with Crippen LogP contribution in [0.1, 0.15) is 20.3 Å². The maximum absolute atomic E-state index is 10.5. The van der Waals surface area contributed by atoms with E-state index < -0.39 is 12.0 Å². The second-order valence-electron chi connectivity index (χ2n) is 2.71. The lowest BCUT2D eigenvalue weighted by atomic mass is 10.2. The zero-order chi connectivity index (χ0) is 9.56. The minimum Gasteiger partial charge on any atom is -0.480 e. The summed E-state index contributed by atoms with van der Waals surface area (Å²) in [6, 6.07) is -0.510. The summed E-state index contributed by atoms with van der Waals surface area (Å²) in [4.78, 5) is 10.5. The molecule has 0 amide bonds. The van der Waals surface area contributed by atoms with E-state index in [1.54, 1.807) is 0 Å². The molecule has 2 N–H and O–H groups in total. The van der Waals surface area contributed by atoms with Crippen molar-refractivity contribution >= 4 is 28.8 Å². The van der Waals surface area contributed by atoms with Gasteiger partial charge in [-0.15, -0.1) is 0 Å². The number of hydrogen-bond acceptors (Lipinski definition) is 3. The van der Waals surface area contributed by atoms with Crippen molar-refractivity contribution in [1.82, 2.24) is 3.53 Å². The van der Waals surface area contributed by atoms with E-state index in [0.29, 0.717) is 13.0 Å². The van der Waals surface area contributed by atoms with Gasteiger partial charge < -0.3 is 9.84 Å². The Bertz CT molecular complexity index is 141. The molecule has 0 saturated heterocycles. The van der Waals surface area contributed by atoms with Crippen LogP contribution in [0.3, 0.4) is 0 Å². The Hall–Kier alpha value is 0.120. The number of carbonyl (C=O) groups is 1. The molecule has 0 bridgehead atoms. The highest BCUT2D eigenvalue weighted by Gasteiger charge is 2.14. The van der Waals surface area contributed by atoms with E-state index in [9.17, 15) is 4.79 Å². The number of ether oxygens (including phenoxy) is 1. The molecule has 5 heteroatoms. The number of hydrogen-bond donors (Lipinski definition) is 2. The second kappa shape index (κ2) is 6.62. The molecular weight excluding hydrogens is 273 g/mol. The van der Waals surface area contributed by atoms with Gasteiger partial charge >= 0.3 is 5.97 Å². The van der Waals surface area contributed by atoms with E-state index in [-0.39, 0.29) is 6.10 Å². The highest BCUT2D eigenvalue weighted by atomic mass is 127. The Morgan fingerprint density at radius 3 is 2.58 bits per heavy atom. The molecule has 0 fully saturated rings. The Kier molecular flexibility index (Phi) is 6.68. The Labute approximate surface area is 86.2 Å². The van der Waals surface area contributed by atoms with Crippen molar-refractivity contribution in [2.45, 2.75) is 32.4 Å². The van der Waals surface area contributed by atoms with Gasteiger partial charge in [0.25, 0.3) is 0 Å². The quantitative estimate of drug-likeness (QED) is 0.569. The third-order valence-corrected chi connectivity index (χ3v) is 2.04. The summed E-state index contributed by atoms with van der Waals surface area (Å²) in [6.45, 7) is 4.32. The van der Waals surface area contributed by atoms with Crippen LogP contribution in [0.5, 0.6) is 0 Å². The van der Waals surface area contributed by atoms with Gasteiger partial charge in [-0.25, -0.2) is 3.53 Å². The predicted molar refractivity (Wildman–Crippen MR) is 54.3 cm³/mol. The Morgan fingerprint density at radius 1 is 1.67 bits per heavy atom. The minimum atomic E-state index is -0.836. The number of halogens is 1. The van der Waals surface area contributed by atoms with Gasteiger partial charge in [-0.2, -0.15) is 0 Å². The molecule has 1 atom stereocenters. The average Bonchev–Trinajstić information content (AvgIpc) is 1.96. The Morgan fingerprint density at radius 2 is 2.25 bits per heavy atom. The van der Waals surface area contributed by atoms with Crippen LogP contribution in [-0.2, 0) is 9.53 Å². The van der Waals surface area contributed by atoms with Crippen LogP contribution in [0.25, 0.3) is 0 Å². The van der Waals surface area contributed by atoms with Crippen molar-refractivity contribution in [3.8, 4) is 0 Å². The molecule has 4 nitrogen and oxygen atoms in total. The zero-order valence-electron chi connectivity index (χ0n) is 7.21. The molecule has 0 aliphatic rings.